The van der Waals surface area contributed by atoms with Gasteiger partial charge in [-0.2, -0.15) is 0 Å². The van der Waals surface area contributed by atoms with Gasteiger partial charge in [0, 0.05) is 16.7 Å². The van der Waals surface area contributed by atoms with Crippen molar-refractivity contribution in [2.24, 2.45) is 5.73 Å². The normalized spacial score (nSPS) is 11.3. The maximum absolute atomic E-state index is 12.4. The number of nitrogens with one attached hydrogen (secondary N) is 2. The first-order chi connectivity index (χ1) is 12.8. The number of aliphatic carboxylic acids is 1. The Hall–Kier alpha value is -3.68. The first kappa shape index (κ1) is 19.6. The predicted molar refractivity (Wildman–Crippen MR) is 98.3 cm³/mol. The Morgan fingerprint density at radius 3 is 2.07 bits per heavy atom. The van der Waals surface area contributed by atoms with Crippen LogP contribution in [-0.2, 0) is 4.79 Å². The van der Waals surface area contributed by atoms with Crippen LogP contribution in [0, 0.1) is 5.41 Å². The van der Waals surface area contributed by atoms with Crippen molar-refractivity contribution >= 4 is 23.5 Å². The fourth-order valence-corrected chi connectivity index (χ4v) is 2.26. The lowest BCUT2D eigenvalue weighted by molar-refractivity contribution is -0.139. The number of hydrogen-bond acceptors (Lipinski definition) is 5. The van der Waals surface area contributed by atoms with Crippen molar-refractivity contribution in [3.05, 3.63) is 65.2 Å². The summed E-state index contributed by atoms with van der Waals surface area (Å²) in [5.41, 5.74) is 6.57. The van der Waals surface area contributed by atoms with Gasteiger partial charge in [-0.15, -0.1) is 0 Å². The first-order valence-corrected chi connectivity index (χ1v) is 8.02. The topological polar surface area (TPSA) is 143 Å². The van der Waals surface area contributed by atoms with E-state index in [0.717, 1.165) is 0 Å². The van der Waals surface area contributed by atoms with E-state index in [1.807, 2.05) is 0 Å². The van der Waals surface area contributed by atoms with Crippen LogP contribution >= 0.6 is 0 Å². The summed E-state index contributed by atoms with van der Waals surface area (Å²) < 4.78 is 5.01. The van der Waals surface area contributed by atoms with Crippen LogP contribution in [0.3, 0.4) is 0 Å². The van der Waals surface area contributed by atoms with Crippen LogP contribution in [0.1, 0.15) is 33.2 Å². The highest BCUT2D eigenvalue weighted by Crippen LogP contribution is 2.14. The molecule has 0 bridgehead atoms. The van der Waals surface area contributed by atoms with Crippen molar-refractivity contribution in [1.82, 2.24) is 5.32 Å². The van der Waals surface area contributed by atoms with Crippen LogP contribution in [0.5, 0.6) is 5.75 Å². The molecule has 1 atom stereocenters. The predicted octanol–water partition coefficient (Wildman–Crippen LogP) is 1.44. The number of ketones is 1. The number of nitrogens with two attached hydrogens (primary N) is 1. The number of rotatable bonds is 8. The Kier molecular flexibility index (Phi) is 6.27. The van der Waals surface area contributed by atoms with Crippen molar-refractivity contribution < 1.29 is 24.2 Å². The van der Waals surface area contributed by atoms with Crippen LogP contribution in [0.2, 0.25) is 0 Å². The average molecular weight is 369 g/mol. The van der Waals surface area contributed by atoms with E-state index in [-0.39, 0.29) is 11.6 Å². The van der Waals surface area contributed by atoms with Gasteiger partial charge in [0.2, 0.25) is 0 Å². The number of nitrogen functional groups attached to an aromatic ring is 1. The zero-order valence-electron chi connectivity index (χ0n) is 14.6. The summed E-state index contributed by atoms with van der Waals surface area (Å²) in [5.74, 6) is -1.58. The van der Waals surface area contributed by atoms with E-state index in [9.17, 15) is 14.4 Å². The van der Waals surface area contributed by atoms with Crippen LogP contribution in [0.25, 0.3) is 0 Å². The van der Waals surface area contributed by atoms with Gasteiger partial charge in [-0.25, -0.2) is 4.79 Å². The summed E-state index contributed by atoms with van der Waals surface area (Å²) in [5, 5.41) is 18.5. The molecule has 0 heterocycles. The fraction of sp³-hybridized carbons (Fsp3) is 0.158. The second kappa shape index (κ2) is 8.61. The number of Topliss-reactive ketones (excluding diaryl/α,β-unsaturated/α-hetero) is 1. The van der Waals surface area contributed by atoms with Gasteiger partial charge in [0.15, 0.2) is 12.4 Å². The molecule has 2 rings (SSSR count). The Morgan fingerprint density at radius 2 is 1.56 bits per heavy atom. The van der Waals surface area contributed by atoms with Gasteiger partial charge in [0.1, 0.15) is 11.6 Å². The molecule has 0 saturated heterocycles. The molecular formula is C19H19N3O5. The summed E-state index contributed by atoms with van der Waals surface area (Å²) in [6.07, 6.45) is 0. The third-order valence-electron chi connectivity index (χ3n) is 3.70. The number of carbonyl (C=O) groups excluding carboxylic acids is 2. The number of hydrogen-bond donors (Lipinski definition) is 4. The summed E-state index contributed by atoms with van der Waals surface area (Å²) in [6, 6.07) is 11.4. The van der Waals surface area contributed by atoms with E-state index in [2.05, 4.69) is 5.32 Å². The number of carboxylic acid groups (broad SMARTS) is 1. The smallest absolute Gasteiger partial charge is 0.341 e. The quantitative estimate of drug-likeness (QED) is 0.315. The second-order valence-electron chi connectivity index (χ2n) is 5.76. The molecule has 0 fully saturated rings. The lowest BCUT2D eigenvalue weighted by Gasteiger charge is -2.13. The maximum atomic E-state index is 12.4. The van der Waals surface area contributed by atoms with Crippen LogP contribution in [-0.4, -0.2) is 41.3 Å². The molecule has 8 heteroatoms. The summed E-state index contributed by atoms with van der Waals surface area (Å²) in [4.78, 5) is 35.2. The molecule has 2 aromatic rings. The number of carboxylic acids is 1. The average Bonchev–Trinajstić information content (AvgIpc) is 2.66. The minimum absolute atomic E-state index is 0.0960. The van der Waals surface area contributed by atoms with E-state index in [0.29, 0.717) is 22.4 Å². The summed E-state index contributed by atoms with van der Waals surface area (Å²) >= 11 is 0. The van der Waals surface area contributed by atoms with Crippen LogP contribution < -0.4 is 15.8 Å². The van der Waals surface area contributed by atoms with Gasteiger partial charge in [0.25, 0.3) is 5.91 Å². The molecule has 0 unspecified atom stereocenters. The molecule has 2 aromatic carbocycles. The third kappa shape index (κ3) is 5.40. The van der Waals surface area contributed by atoms with Gasteiger partial charge >= 0.3 is 5.97 Å². The molecule has 0 spiro atoms. The van der Waals surface area contributed by atoms with Crippen LogP contribution in [0.4, 0.5) is 0 Å². The second-order valence-corrected chi connectivity index (χ2v) is 5.76. The van der Waals surface area contributed by atoms with E-state index >= 15 is 0 Å². The lowest BCUT2D eigenvalue weighted by atomic mass is 10.0. The van der Waals surface area contributed by atoms with E-state index in [1.165, 1.54) is 36.4 Å². The fourth-order valence-electron chi connectivity index (χ4n) is 2.26. The Labute approximate surface area is 155 Å². The van der Waals surface area contributed by atoms with Gasteiger partial charge in [0.05, 0.1) is 6.04 Å². The highest BCUT2D eigenvalue weighted by atomic mass is 16.5. The van der Waals surface area contributed by atoms with Crippen molar-refractivity contribution in [2.45, 2.75) is 13.0 Å². The molecule has 0 saturated carbocycles. The molecule has 0 radical (unpaired) electrons. The Balaban J connectivity index is 1.98. The molecular weight excluding hydrogens is 350 g/mol. The monoisotopic (exact) mass is 369 g/mol. The van der Waals surface area contributed by atoms with Crippen molar-refractivity contribution in [3.63, 3.8) is 0 Å². The number of amidine groups is 1. The molecule has 27 heavy (non-hydrogen) atoms. The number of amides is 1. The van der Waals surface area contributed by atoms with Crippen molar-refractivity contribution in [3.8, 4) is 5.75 Å². The molecule has 8 nitrogen and oxygen atoms in total. The molecule has 0 aliphatic carbocycles. The third-order valence-corrected chi connectivity index (χ3v) is 3.70. The van der Waals surface area contributed by atoms with Gasteiger partial charge in [-0.1, -0.05) is 12.1 Å². The van der Waals surface area contributed by atoms with E-state index in [4.69, 9.17) is 21.0 Å². The molecule has 140 valence electrons. The Bertz CT molecular complexity index is 860. The van der Waals surface area contributed by atoms with Gasteiger partial charge in [-0.05, 0) is 43.3 Å². The molecule has 0 aromatic heterocycles. The zero-order valence-corrected chi connectivity index (χ0v) is 14.6. The van der Waals surface area contributed by atoms with Crippen LogP contribution in [0.15, 0.2) is 48.5 Å². The first-order valence-electron chi connectivity index (χ1n) is 8.02. The minimum Gasteiger partial charge on any atom is -0.482 e. The maximum Gasteiger partial charge on any atom is 0.341 e. The molecule has 0 aliphatic rings. The molecule has 5 N–H and O–H groups in total. The standard InChI is InChI=1S/C19H19N3O5/c1-11(22-19(26)14-4-2-13(3-5-14)18(20)21)17(25)12-6-8-15(9-7-12)27-10-16(23)24/h2-9,11H,10H2,1H3,(H3,20,21)(H,22,26)(H,23,24)/t11-/m1/s1. The Morgan fingerprint density at radius 1 is 1.04 bits per heavy atom. The van der Waals surface area contributed by atoms with Crippen molar-refractivity contribution in [2.75, 3.05) is 6.61 Å². The zero-order chi connectivity index (χ0) is 20.0. The highest BCUT2D eigenvalue weighted by molar-refractivity contribution is 6.04. The van der Waals surface area contributed by atoms with Gasteiger partial charge < -0.3 is 20.9 Å². The summed E-state index contributed by atoms with van der Waals surface area (Å²) in [6.45, 7) is 1.10. The minimum atomic E-state index is -1.09. The largest absolute Gasteiger partial charge is 0.482 e. The number of ether oxygens (including phenoxy) is 1. The van der Waals surface area contributed by atoms with E-state index in [1.54, 1.807) is 19.1 Å². The van der Waals surface area contributed by atoms with E-state index < -0.39 is 24.5 Å². The summed E-state index contributed by atoms with van der Waals surface area (Å²) in [7, 11) is 0. The lowest BCUT2D eigenvalue weighted by Crippen LogP contribution is -2.38. The molecule has 1 amide bonds. The van der Waals surface area contributed by atoms with Gasteiger partial charge in [-0.3, -0.25) is 15.0 Å². The SMILES string of the molecule is C[C@@H](NC(=O)c1ccc(C(=N)N)cc1)C(=O)c1ccc(OCC(=O)O)cc1. The molecule has 0 aliphatic heterocycles. The number of benzene rings is 2. The number of carbonyl (C=O) groups is 3. The van der Waals surface area contributed by atoms with Crippen molar-refractivity contribution in [1.29, 1.82) is 5.41 Å². The highest BCUT2D eigenvalue weighted by Gasteiger charge is 2.18.